The smallest absolute Gasteiger partial charge is 0.240 e. The Morgan fingerprint density at radius 3 is 2.48 bits per heavy atom. The van der Waals surface area contributed by atoms with Crippen LogP contribution in [0.5, 0.6) is 5.75 Å². The molecule has 0 heterocycles. The zero-order valence-electron chi connectivity index (χ0n) is 15.8. The molecular weight excluding hydrogens is 383 g/mol. The van der Waals surface area contributed by atoms with Gasteiger partial charge in [0.15, 0.2) is 0 Å². The summed E-state index contributed by atoms with van der Waals surface area (Å²) in [4.78, 5) is 11.8. The van der Waals surface area contributed by atoms with Gasteiger partial charge in [0.25, 0.3) is 0 Å². The fraction of sp³-hybridized carbons (Fsp3) is 0.333. The molecule has 0 aliphatic rings. The van der Waals surface area contributed by atoms with Crippen molar-refractivity contribution in [2.24, 2.45) is 5.10 Å². The number of benzene rings is 2. The lowest BCUT2D eigenvalue weighted by Gasteiger charge is -2.18. The molecule has 144 valence electrons. The van der Waals surface area contributed by atoms with Crippen molar-refractivity contribution in [1.82, 2.24) is 5.43 Å². The van der Waals surface area contributed by atoms with Crippen LogP contribution < -0.4 is 10.2 Å². The number of ether oxygens (including phenoxy) is 1. The van der Waals surface area contributed by atoms with Crippen LogP contribution in [0.4, 0.5) is 0 Å². The van der Waals surface area contributed by atoms with Crippen molar-refractivity contribution < 1.29 is 9.53 Å². The summed E-state index contributed by atoms with van der Waals surface area (Å²) in [7, 11) is 0. The van der Waals surface area contributed by atoms with Crippen LogP contribution in [0.1, 0.15) is 44.7 Å². The Morgan fingerprint density at radius 2 is 1.85 bits per heavy atom. The van der Waals surface area contributed by atoms with Crippen LogP contribution in [-0.4, -0.2) is 18.7 Å². The summed E-state index contributed by atoms with van der Waals surface area (Å²) in [6.45, 7) is 6.88. The van der Waals surface area contributed by atoms with Crippen LogP contribution in [0, 0.1) is 0 Å². The molecule has 1 amide bonds. The van der Waals surface area contributed by atoms with Gasteiger partial charge in [0, 0.05) is 11.4 Å². The lowest BCUT2D eigenvalue weighted by Crippen LogP contribution is -2.18. The summed E-state index contributed by atoms with van der Waals surface area (Å²) in [6.07, 6.45) is 2.50. The molecule has 4 nitrogen and oxygen atoms in total. The predicted molar refractivity (Wildman–Crippen MR) is 112 cm³/mol. The minimum absolute atomic E-state index is 0.113. The molecular formula is C21H24Cl2N2O2. The molecule has 0 bridgehead atoms. The first-order valence-electron chi connectivity index (χ1n) is 8.76. The number of rotatable bonds is 7. The van der Waals surface area contributed by atoms with Gasteiger partial charge in [0.2, 0.25) is 5.91 Å². The van der Waals surface area contributed by atoms with Crippen LogP contribution >= 0.6 is 23.2 Å². The fourth-order valence-electron chi connectivity index (χ4n) is 2.31. The zero-order chi connectivity index (χ0) is 19.9. The molecule has 0 atom stereocenters. The van der Waals surface area contributed by atoms with E-state index in [0.29, 0.717) is 35.2 Å². The third kappa shape index (κ3) is 7.24. The summed E-state index contributed by atoms with van der Waals surface area (Å²) >= 11 is 11.9. The van der Waals surface area contributed by atoms with Crippen molar-refractivity contribution in [3.05, 3.63) is 63.6 Å². The number of nitrogens with zero attached hydrogens (tertiary/aromatic N) is 1. The Morgan fingerprint density at radius 1 is 1.15 bits per heavy atom. The van der Waals surface area contributed by atoms with Gasteiger partial charge in [-0.25, -0.2) is 5.43 Å². The summed E-state index contributed by atoms with van der Waals surface area (Å²) in [5.74, 6) is 0.390. The average molecular weight is 407 g/mol. The highest BCUT2D eigenvalue weighted by Crippen LogP contribution is 2.27. The maximum Gasteiger partial charge on any atom is 0.240 e. The van der Waals surface area contributed by atoms with E-state index < -0.39 is 0 Å². The number of hydrazone groups is 1. The Balaban J connectivity index is 1.70. The molecule has 0 spiro atoms. The average Bonchev–Trinajstić information content (AvgIpc) is 2.60. The summed E-state index contributed by atoms with van der Waals surface area (Å²) in [5.41, 5.74) is 4.83. The highest BCUT2D eigenvalue weighted by molar-refractivity contribution is 6.35. The Kier molecular flexibility index (Phi) is 7.69. The van der Waals surface area contributed by atoms with Gasteiger partial charge < -0.3 is 4.74 Å². The number of hydrogen-bond donors (Lipinski definition) is 1. The van der Waals surface area contributed by atoms with Crippen molar-refractivity contribution in [2.45, 2.75) is 39.0 Å². The number of hydrogen-bond acceptors (Lipinski definition) is 3. The van der Waals surface area contributed by atoms with Crippen molar-refractivity contribution >= 4 is 35.3 Å². The molecule has 0 aliphatic heterocycles. The molecule has 0 aliphatic carbocycles. The number of carbonyl (C=O) groups excluding carboxylic acids is 1. The molecule has 0 unspecified atom stereocenters. The predicted octanol–water partition coefficient (Wildman–Crippen LogP) is 5.60. The van der Waals surface area contributed by atoms with Crippen LogP contribution in [0.3, 0.4) is 0 Å². The zero-order valence-corrected chi connectivity index (χ0v) is 17.3. The van der Waals surface area contributed by atoms with E-state index in [1.165, 1.54) is 5.56 Å². The quantitative estimate of drug-likeness (QED) is 0.369. The van der Waals surface area contributed by atoms with Crippen LogP contribution in [0.2, 0.25) is 10.0 Å². The molecule has 27 heavy (non-hydrogen) atoms. The second-order valence-corrected chi connectivity index (χ2v) is 8.04. The normalized spacial score (nSPS) is 11.6. The SMILES string of the molecule is CC(C)(C)c1ccc(/C=N/NC(=O)CCCOc2ccc(Cl)cc2Cl)cc1. The summed E-state index contributed by atoms with van der Waals surface area (Å²) < 4.78 is 5.55. The topological polar surface area (TPSA) is 50.7 Å². The summed E-state index contributed by atoms with van der Waals surface area (Å²) in [5, 5.41) is 5.00. The first-order chi connectivity index (χ1) is 12.8. The third-order valence-electron chi connectivity index (χ3n) is 3.88. The van der Waals surface area contributed by atoms with Gasteiger partial charge in [0.05, 0.1) is 17.8 Å². The fourth-order valence-corrected chi connectivity index (χ4v) is 2.77. The number of halogens is 2. The van der Waals surface area contributed by atoms with E-state index in [0.717, 1.165) is 5.56 Å². The molecule has 2 aromatic rings. The molecule has 0 radical (unpaired) electrons. The van der Waals surface area contributed by atoms with Crippen molar-refractivity contribution in [3.63, 3.8) is 0 Å². The number of amides is 1. The molecule has 6 heteroatoms. The van der Waals surface area contributed by atoms with Crippen molar-refractivity contribution in [1.29, 1.82) is 0 Å². The largest absolute Gasteiger partial charge is 0.492 e. The van der Waals surface area contributed by atoms with Crippen LogP contribution in [-0.2, 0) is 10.2 Å². The van der Waals surface area contributed by atoms with Crippen molar-refractivity contribution in [3.8, 4) is 5.75 Å². The first kappa shape index (κ1) is 21.3. The highest BCUT2D eigenvalue weighted by Gasteiger charge is 2.12. The van der Waals surface area contributed by atoms with E-state index in [1.54, 1.807) is 24.4 Å². The molecule has 0 aromatic heterocycles. The van der Waals surface area contributed by atoms with Gasteiger partial charge in [0.1, 0.15) is 5.75 Å². The van der Waals surface area contributed by atoms with Gasteiger partial charge >= 0.3 is 0 Å². The van der Waals surface area contributed by atoms with E-state index in [-0.39, 0.29) is 11.3 Å². The van der Waals surface area contributed by atoms with Gasteiger partial charge in [-0.2, -0.15) is 5.10 Å². The standard InChI is InChI=1S/C21H24Cl2N2O2/c1-21(2,3)16-8-6-15(7-9-16)14-24-25-20(26)5-4-12-27-19-11-10-17(22)13-18(19)23/h6-11,13-14H,4-5,12H2,1-3H3,(H,25,26)/b24-14+. The molecule has 0 fully saturated rings. The van der Waals surface area contributed by atoms with Crippen LogP contribution in [0.15, 0.2) is 47.6 Å². The molecule has 2 rings (SSSR count). The van der Waals surface area contributed by atoms with E-state index in [2.05, 4.69) is 43.4 Å². The van der Waals surface area contributed by atoms with Gasteiger partial charge in [-0.1, -0.05) is 68.2 Å². The minimum Gasteiger partial charge on any atom is -0.492 e. The Labute approximate surface area is 170 Å². The molecule has 0 saturated carbocycles. The monoisotopic (exact) mass is 406 g/mol. The Hall–Kier alpha value is -2.04. The minimum atomic E-state index is -0.164. The molecule has 1 N–H and O–H groups in total. The highest BCUT2D eigenvalue weighted by atomic mass is 35.5. The third-order valence-corrected chi connectivity index (χ3v) is 4.41. The second-order valence-electron chi connectivity index (χ2n) is 7.19. The lowest BCUT2D eigenvalue weighted by molar-refractivity contribution is -0.121. The van der Waals surface area contributed by atoms with Gasteiger partial charge in [-0.15, -0.1) is 0 Å². The van der Waals surface area contributed by atoms with E-state index in [9.17, 15) is 4.79 Å². The van der Waals surface area contributed by atoms with Crippen LogP contribution in [0.25, 0.3) is 0 Å². The molecule has 2 aromatic carbocycles. The van der Waals surface area contributed by atoms with E-state index in [4.69, 9.17) is 27.9 Å². The van der Waals surface area contributed by atoms with Crippen molar-refractivity contribution in [2.75, 3.05) is 6.61 Å². The summed E-state index contributed by atoms with van der Waals surface area (Å²) in [6, 6.07) is 13.1. The molecule has 0 saturated heterocycles. The maximum atomic E-state index is 11.8. The second kappa shape index (κ2) is 9.77. The lowest BCUT2D eigenvalue weighted by atomic mass is 9.87. The van der Waals surface area contributed by atoms with E-state index in [1.807, 2.05) is 12.1 Å². The van der Waals surface area contributed by atoms with E-state index >= 15 is 0 Å². The van der Waals surface area contributed by atoms with Gasteiger partial charge in [-0.05, 0) is 41.2 Å². The number of carbonyl (C=O) groups is 1. The Bertz CT molecular complexity index is 797. The maximum absolute atomic E-state index is 11.8. The van der Waals surface area contributed by atoms with Gasteiger partial charge in [-0.3, -0.25) is 4.79 Å². The number of nitrogens with one attached hydrogen (secondary N) is 1. The first-order valence-corrected chi connectivity index (χ1v) is 9.51.